The molecule has 0 aromatic heterocycles. The summed E-state index contributed by atoms with van der Waals surface area (Å²) in [4.78, 5) is 12.2. The Morgan fingerprint density at radius 3 is 2.18 bits per heavy atom. The molecule has 0 heterocycles. The van der Waals surface area contributed by atoms with Crippen LogP contribution in [0.25, 0.3) is 0 Å². The van der Waals surface area contributed by atoms with Gasteiger partial charge in [-0.05, 0) is 24.3 Å². The van der Waals surface area contributed by atoms with Crippen LogP contribution >= 0.6 is 0 Å². The minimum atomic E-state index is -4.15. The molecule has 0 fully saturated rings. The average molecular weight is 409 g/mol. The summed E-state index contributed by atoms with van der Waals surface area (Å²) in [7, 11) is -0.210. The minimum Gasteiger partial charge on any atom is -0.493 e. The number of sulfonamides is 1. The van der Waals surface area contributed by atoms with Crippen LogP contribution in [-0.4, -0.2) is 42.3 Å². The van der Waals surface area contributed by atoms with Gasteiger partial charge in [0.2, 0.25) is 0 Å². The number of nitrogens with zero attached hydrogens (tertiary/aromatic N) is 1. The first-order valence-electron chi connectivity index (χ1n) is 8.03. The van der Waals surface area contributed by atoms with Crippen LogP contribution in [0.3, 0.4) is 0 Å². The third kappa shape index (κ3) is 4.09. The summed E-state index contributed by atoms with van der Waals surface area (Å²) in [5.41, 5.74) is -0.0404. The third-order valence-electron chi connectivity index (χ3n) is 3.87. The Morgan fingerprint density at radius 2 is 1.68 bits per heavy atom. The summed E-state index contributed by atoms with van der Waals surface area (Å²) in [5.74, 6) is -0.896. The minimum absolute atomic E-state index is 0.00808. The van der Waals surface area contributed by atoms with Crippen molar-refractivity contribution in [1.29, 1.82) is 0 Å². The quantitative estimate of drug-likeness (QED) is 0.492. The van der Waals surface area contributed by atoms with Crippen molar-refractivity contribution in [2.24, 2.45) is 0 Å². The number of carbonyl (C=O) groups is 1. The third-order valence-corrected chi connectivity index (χ3v) is 5.67. The van der Waals surface area contributed by atoms with E-state index >= 15 is 0 Å². The molecule has 0 spiro atoms. The van der Waals surface area contributed by atoms with Gasteiger partial charge in [0.15, 0.2) is 11.5 Å². The van der Waals surface area contributed by atoms with Crippen molar-refractivity contribution in [2.45, 2.75) is 4.90 Å². The van der Waals surface area contributed by atoms with Crippen LogP contribution < -0.4 is 13.8 Å². The van der Waals surface area contributed by atoms with Crippen LogP contribution in [0.2, 0.25) is 0 Å². The molecular formula is C19H20FNO6S. The van der Waals surface area contributed by atoms with Gasteiger partial charge in [-0.3, -0.25) is 4.31 Å². The van der Waals surface area contributed by atoms with Crippen molar-refractivity contribution in [2.75, 3.05) is 32.2 Å². The largest absolute Gasteiger partial charge is 0.493 e. The Morgan fingerprint density at radius 1 is 1.11 bits per heavy atom. The molecule has 28 heavy (non-hydrogen) atoms. The number of ether oxygens (including phenoxy) is 3. The SMILES string of the molecule is C=CCN(c1cc(OC)c(OC)cc1C(=O)OC)S(=O)(=O)c1ccc(F)cc1. The Labute approximate surface area is 163 Å². The number of carbonyl (C=O) groups excluding carboxylic acids is 1. The van der Waals surface area contributed by atoms with Crippen molar-refractivity contribution < 1.29 is 31.8 Å². The Hall–Kier alpha value is -3.07. The molecule has 0 aliphatic heterocycles. The van der Waals surface area contributed by atoms with Crippen LogP contribution in [0.4, 0.5) is 10.1 Å². The van der Waals surface area contributed by atoms with Crippen molar-refractivity contribution >= 4 is 21.7 Å². The number of methoxy groups -OCH3 is 3. The number of benzene rings is 2. The van der Waals surface area contributed by atoms with Gasteiger partial charge in [0.25, 0.3) is 10.0 Å². The molecule has 0 atom stereocenters. The predicted molar refractivity (Wildman–Crippen MR) is 102 cm³/mol. The zero-order valence-corrected chi connectivity index (χ0v) is 16.5. The molecule has 0 unspecified atom stereocenters. The fourth-order valence-corrected chi connectivity index (χ4v) is 3.97. The molecule has 0 saturated heterocycles. The summed E-state index contributed by atoms with van der Waals surface area (Å²) in [6.45, 7) is 3.43. The monoisotopic (exact) mass is 409 g/mol. The molecule has 2 aromatic carbocycles. The number of hydrogen-bond acceptors (Lipinski definition) is 6. The highest BCUT2D eigenvalue weighted by atomic mass is 32.2. The van der Waals surface area contributed by atoms with E-state index in [0.29, 0.717) is 0 Å². The lowest BCUT2D eigenvalue weighted by Gasteiger charge is -2.26. The van der Waals surface area contributed by atoms with Gasteiger partial charge in [-0.2, -0.15) is 0 Å². The van der Waals surface area contributed by atoms with E-state index in [2.05, 4.69) is 6.58 Å². The summed E-state index contributed by atoms with van der Waals surface area (Å²) < 4.78 is 55.8. The van der Waals surface area contributed by atoms with Gasteiger partial charge >= 0.3 is 5.97 Å². The maximum atomic E-state index is 13.2. The zero-order chi connectivity index (χ0) is 20.9. The van der Waals surface area contributed by atoms with E-state index in [4.69, 9.17) is 14.2 Å². The fourth-order valence-electron chi connectivity index (χ4n) is 2.53. The van der Waals surface area contributed by atoms with Crippen molar-refractivity contribution in [1.82, 2.24) is 0 Å². The lowest BCUT2D eigenvalue weighted by atomic mass is 10.1. The van der Waals surface area contributed by atoms with Crippen molar-refractivity contribution in [3.8, 4) is 11.5 Å². The van der Waals surface area contributed by atoms with Crippen LogP contribution in [0.15, 0.2) is 53.9 Å². The summed E-state index contributed by atoms with van der Waals surface area (Å²) in [6, 6.07) is 7.04. The molecule has 2 rings (SSSR count). The molecule has 150 valence electrons. The van der Waals surface area contributed by atoms with E-state index in [0.717, 1.165) is 28.6 Å². The highest BCUT2D eigenvalue weighted by Gasteiger charge is 2.30. The molecular weight excluding hydrogens is 389 g/mol. The van der Waals surface area contributed by atoms with E-state index < -0.39 is 21.8 Å². The molecule has 0 radical (unpaired) electrons. The molecule has 7 nitrogen and oxygen atoms in total. The average Bonchev–Trinajstić information content (AvgIpc) is 2.70. The van der Waals surface area contributed by atoms with E-state index in [1.54, 1.807) is 0 Å². The highest BCUT2D eigenvalue weighted by Crippen LogP contribution is 2.37. The standard InChI is InChI=1S/C19H20FNO6S/c1-5-10-21(28(23,24)14-8-6-13(20)7-9-14)16-12-18(26-3)17(25-2)11-15(16)19(22)27-4/h5-9,11-12H,1,10H2,2-4H3. The second-order valence-corrected chi connectivity index (χ2v) is 7.36. The number of esters is 1. The predicted octanol–water partition coefficient (Wildman–Crippen LogP) is 3.01. The van der Waals surface area contributed by atoms with Gasteiger partial charge in [0, 0.05) is 12.1 Å². The lowest BCUT2D eigenvalue weighted by molar-refractivity contribution is 0.0601. The summed E-state index contributed by atoms with van der Waals surface area (Å²) in [6.07, 6.45) is 1.36. The molecule has 0 amide bonds. The lowest BCUT2D eigenvalue weighted by Crippen LogP contribution is -2.32. The molecule has 0 aliphatic carbocycles. The molecule has 0 N–H and O–H groups in total. The van der Waals surface area contributed by atoms with E-state index in [-0.39, 0.29) is 34.2 Å². The Balaban J connectivity index is 2.75. The van der Waals surface area contributed by atoms with E-state index in [1.807, 2.05) is 0 Å². The molecule has 9 heteroatoms. The zero-order valence-electron chi connectivity index (χ0n) is 15.6. The van der Waals surface area contributed by atoms with Gasteiger partial charge in [-0.25, -0.2) is 17.6 Å². The Kier molecular flexibility index (Phi) is 6.63. The number of anilines is 1. The number of hydrogen-bond donors (Lipinski definition) is 0. The normalized spacial score (nSPS) is 10.9. The first kappa shape index (κ1) is 21.2. The van der Waals surface area contributed by atoms with Gasteiger partial charge in [-0.15, -0.1) is 6.58 Å². The first-order chi connectivity index (χ1) is 13.3. The maximum absolute atomic E-state index is 13.2. The first-order valence-corrected chi connectivity index (χ1v) is 9.47. The number of halogens is 1. The molecule has 0 aliphatic rings. The van der Waals surface area contributed by atoms with Crippen molar-refractivity contribution in [3.63, 3.8) is 0 Å². The Bertz CT molecular complexity index is 973. The van der Waals surface area contributed by atoms with Crippen LogP contribution in [0, 0.1) is 5.82 Å². The summed E-state index contributed by atoms with van der Waals surface area (Å²) in [5, 5.41) is 0. The van der Waals surface area contributed by atoms with E-state index in [9.17, 15) is 17.6 Å². The van der Waals surface area contributed by atoms with Crippen molar-refractivity contribution in [3.05, 3.63) is 60.4 Å². The molecule has 0 saturated carbocycles. The van der Waals surface area contributed by atoms with Crippen LogP contribution in [-0.2, 0) is 14.8 Å². The molecule has 2 aromatic rings. The second-order valence-electron chi connectivity index (χ2n) is 5.49. The van der Waals surface area contributed by atoms with Gasteiger partial charge in [0.05, 0.1) is 44.0 Å². The summed E-state index contributed by atoms with van der Waals surface area (Å²) >= 11 is 0. The highest BCUT2D eigenvalue weighted by molar-refractivity contribution is 7.92. The smallest absolute Gasteiger partial charge is 0.340 e. The van der Waals surface area contributed by atoms with E-state index in [1.165, 1.54) is 39.5 Å². The fraction of sp³-hybridized carbons (Fsp3) is 0.211. The van der Waals surface area contributed by atoms with Gasteiger partial charge in [0.1, 0.15) is 5.82 Å². The van der Waals surface area contributed by atoms with Crippen LogP contribution in [0.1, 0.15) is 10.4 Å². The van der Waals surface area contributed by atoms with Crippen LogP contribution in [0.5, 0.6) is 11.5 Å². The molecule has 0 bridgehead atoms. The number of rotatable bonds is 8. The second kappa shape index (κ2) is 8.75. The topological polar surface area (TPSA) is 82.1 Å². The van der Waals surface area contributed by atoms with Gasteiger partial charge < -0.3 is 14.2 Å². The van der Waals surface area contributed by atoms with Gasteiger partial charge in [-0.1, -0.05) is 6.08 Å². The maximum Gasteiger partial charge on any atom is 0.340 e.